The van der Waals surface area contributed by atoms with Gasteiger partial charge in [-0.1, -0.05) is 242 Å². The van der Waals surface area contributed by atoms with Crippen molar-refractivity contribution in [1.29, 1.82) is 0 Å². The molecule has 0 aliphatic rings. The highest BCUT2D eigenvalue weighted by Gasteiger charge is 2.19. The molecule has 0 amide bonds. The first-order valence-electron chi connectivity index (χ1n) is 29.3. The molecule has 0 fully saturated rings. The third kappa shape index (κ3) is 54.1. The van der Waals surface area contributed by atoms with Crippen molar-refractivity contribution in [3.05, 3.63) is 60.8 Å². The van der Waals surface area contributed by atoms with Gasteiger partial charge in [0.15, 0.2) is 6.10 Å². The van der Waals surface area contributed by atoms with Crippen LogP contribution in [0.4, 0.5) is 0 Å². The Morgan fingerprint density at radius 3 is 0.882 bits per heavy atom. The molecule has 0 aromatic rings. The van der Waals surface area contributed by atoms with Crippen LogP contribution in [-0.2, 0) is 28.6 Å². The number of hydrogen-bond acceptors (Lipinski definition) is 6. The lowest BCUT2D eigenvalue weighted by molar-refractivity contribution is -0.167. The van der Waals surface area contributed by atoms with Gasteiger partial charge in [-0.25, -0.2) is 0 Å². The molecular formula is C62H110O6. The van der Waals surface area contributed by atoms with Crippen molar-refractivity contribution in [2.75, 3.05) is 13.2 Å². The molecule has 0 aliphatic carbocycles. The van der Waals surface area contributed by atoms with Crippen molar-refractivity contribution in [2.45, 2.75) is 303 Å². The van der Waals surface area contributed by atoms with E-state index < -0.39 is 6.10 Å². The third-order valence-electron chi connectivity index (χ3n) is 12.8. The Labute approximate surface area is 421 Å². The van der Waals surface area contributed by atoms with Crippen LogP contribution in [-0.4, -0.2) is 37.2 Å². The maximum absolute atomic E-state index is 12.8. The van der Waals surface area contributed by atoms with Gasteiger partial charge in [0.05, 0.1) is 0 Å². The number of allylic oxidation sites excluding steroid dienone is 10. The minimum absolute atomic E-state index is 0.0870. The van der Waals surface area contributed by atoms with Gasteiger partial charge >= 0.3 is 17.9 Å². The monoisotopic (exact) mass is 951 g/mol. The largest absolute Gasteiger partial charge is 0.462 e. The van der Waals surface area contributed by atoms with Crippen LogP contribution in [0.15, 0.2) is 60.8 Å². The summed E-state index contributed by atoms with van der Waals surface area (Å²) in [5.74, 6) is -0.910. The van der Waals surface area contributed by atoms with Crippen molar-refractivity contribution in [1.82, 2.24) is 0 Å². The van der Waals surface area contributed by atoms with Crippen LogP contribution in [0, 0.1) is 0 Å². The summed E-state index contributed by atoms with van der Waals surface area (Å²) in [5.41, 5.74) is 0. The molecule has 1 atom stereocenters. The van der Waals surface area contributed by atoms with Gasteiger partial charge in [-0.2, -0.15) is 0 Å². The fraction of sp³-hybridized carbons (Fsp3) is 0.790. The van der Waals surface area contributed by atoms with Gasteiger partial charge in [-0.05, 0) is 96.3 Å². The number of esters is 3. The average Bonchev–Trinajstić information content (AvgIpc) is 3.34. The molecule has 0 saturated heterocycles. The summed E-state index contributed by atoms with van der Waals surface area (Å²) >= 11 is 0. The lowest BCUT2D eigenvalue weighted by Gasteiger charge is -2.18. The standard InChI is InChI=1S/C62H110O6/c1-4-7-10-13-16-19-22-25-28-30-31-32-35-37-40-43-46-49-52-55-61(64)67-58-59(57-66-60(63)54-51-48-45-42-39-36-33-27-24-21-18-15-12-9-6-3)68-62(65)56-53-50-47-44-41-38-34-29-26-23-20-17-14-11-8-5-2/h16,19,21-22,24-25,29,34,38,41,59H,4-15,17-18,20,23,26-28,30-33,35-37,39-40,42-58H2,1-3H3/b19-16-,24-21-,25-22-,34-29-,41-38-. The number of rotatable bonds is 53. The van der Waals surface area contributed by atoms with Gasteiger partial charge in [0.2, 0.25) is 0 Å². The molecule has 0 bridgehead atoms. The molecule has 0 rings (SSSR count). The van der Waals surface area contributed by atoms with E-state index in [2.05, 4.69) is 81.5 Å². The highest BCUT2D eigenvalue weighted by Crippen LogP contribution is 2.15. The third-order valence-corrected chi connectivity index (χ3v) is 12.8. The van der Waals surface area contributed by atoms with E-state index in [1.807, 2.05) is 0 Å². The molecule has 0 aromatic heterocycles. The Kier molecular flexibility index (Phi) is 54.3. The molecule has 6 nitrogen and oxygen atoms in total. The molecule has 394 valence electrons. The molecule has 0 aliphatic heterocycles. The predicted octanol–water partition coefficient (Wildman–Crippen LogP) is 19.6. The van der Waals surface area contributed by atoms with Gasteiger partial charge in [-0.3, -0.25) is 14.4 Å². The normalized spacial score (nSPS) is 12.5. The van der Waals surface area contributed by atoms with Gasteiger partial charge in [0.1, 0.15) is 13.2 Å². The van der Waals surface area contributed by atoms with Crippen LogP contribution in [0.3, 0.4) is 0 Å². The number of ether oxygens (including phenoxy) is 3. The van der Waals surface area contributed by atoms with Crippen LogP contribution in [0.25, 0.3) is 0 Å². The van der Waals surface area contributed by atoms with Gasteiger partial charge in [0.25, 0.3) is 0 Å². The molecule has 0 heterocycles. The van der Waals surface area contributed by atoms with Crippen molar-refractivity contribution in [3.8, 4) is 0 Å². The first kappa shape index (κ1) is 65.1. The van der Waals surface area contributed by atoms with Crippen LogP contribution in [0.2, 0.25) is 0 Å². The molecule has 0 N–H and O–H groups in total. The van der Waals surface area contributed by atoms with Gasteiger partial charge in [0, 0.05) is 19.3 Å². The lowest BCUT2D eigenvalue weighted by Crippen LogP contribution is -2.30. The van der Waals surface area contributed by atoms with E-state index in [4.69, 9.17) is 14.2 Å². The summed E-state index contributed by atoms with van der Waals surface area (Å²) in [6.45, 7) is 6.59. The summed E-state index contributed by atoms with van der Waals surface area (Å²) in [7, 11) is 0. The fourth-order valence-electron chi connectivity index (χ4n) is 8.30. The Bertz CT molecular complexity index is 1230. The Morgan fingerprint density at radius 2 is 0.529 bits per heavy atom. The predicted molar refractivity (Wildman–Crippen MR) is 293 cm³/mol. The summed E-state index contributed by atoms with van der Waals surface area (Å²) < 4.78 is 16.9. The fourth-order valence-corrected chi connectivity index (χ4v) is 8.30. The second-order valence-corrected chi connectivity index (χ2v) is 19.6. The zero-order valence-electron chi connectivity index (χ0n) is 45.1. The van der Waals surface area contributed by atoms with Crippen molar-refractivity contribution < 1.29 is 28.6 Å². The average molecular weight is 952 g/mol. The van der Waals surface area contributed by atoms with E-state index in [-0.39, 0.29) is 31.1 Å². The van der Waals surface area contributed by atoms with Crippen molar-refractivity contribution in [2.24, 2.45) is 0 Å². The summed E-state index contributed by atoms with van der Waals surface area (Å²) in [6, 6.07) is 0. The molecule has 68 heavy (non-hydrogen) atoms. The van der Waals surface area contributed by atoms with Gasteiger partial charge < -0.3 is 14.2 Å². The zero-order chi connectivity index (χ0) is 49.3. The number of hydrogen-bond donors (Lipinski definition) is 0. The smallest absolute Gasteiger partial charge is 0.306 e. The minimum atomic E-state index is -0.791. The topological polar surface area (TPSA) is 78.9 Å². The molecule has 0 radical (unpaired) electrons. The molecule has 6 heteroatoms. The van der Waals surface area contributed by atoms with Crippen molar-refractivity contribution in [3.63, 3.8) is 0 Å². The van der Waals surface area contributed by atoms with Crippen molar-refractivity contribution >= 4 is 17.9 Å². The number of carbonyl (C=O) groups is 3. The summed E-state index contributed by atoms with van der Waals surface area (Å²) in [6.07, 6.45) is 70.6. The highest BCUT2D eigenvalue weighted by molar-refractivity contribution is 5.71. The van der Waals surface area contributed by atoms with E-state index in [0.717, 1.165) is 70.6 Å². The van der Waals surface area contributed by atoms with Crippen LogP contribution in [0.1, 0.15) is 297 Å². The van der Waals surface area contributed by atoms with E-state index in [9.17, 15) is 14.4 Å². The Balaban J connectivity index is 4.40. The summed E-state index contributed by atoms with van der Waals surface area (Å²) in [4.78, 5) is 38.2. The maximum atomic E-state index is 12.8. The van der Waals surface area contributed by atoms with E-state index in [0.29, 0.717) is 19.3 Å². The number of carbonyl (C=O) groups excluding carboxylic acids is 3. The van der Waals surface area contributed by atoms with Gasteiger partial charge in [-0.15, -0.1) is 0 Å². The minimum Gasteiger partial charge on any atom is -0.462 e. The second kappa shape index (κ2) is 56.7. The SMILES string of the molecule is CCCCC/C=C\C=C/CCCCCCCCCCCCC(=O)OCC(COC(=O)CCCCCCCCC/C=C\CCCCCC)OC(=O)CCCCC/C=C\C=C/CCCCCCCCC. The molecular weight excluding hydrogens is 841 g/mol. The van der Waals surface area contributed by atoms with E-state index in [1.54, 1.807) is 0 Å². The molecule has 0 saturated carbocycles. The van der Waals surface area contributed by atoms with Crippen LogP contribution < -0.4 is 0 Å². The van der Waals surface area contributed by atoms with E-state index in [1.165, 1.54) is 186 Å². The highest BCUT2D eigenvalue weighted by atomic mass is 16.6. The quantitative estimate of drug-likeness (QED) is 0.0199. The van der Waals surface area contributed by atoms with Crippen LogP contribution in [0.5, 0.6) is 0 Å². The molecule has 1 unspecified atom stereocenters. The maximum Gasteiger partial charge on any atom is 0.306 e. The second-order valence-electron chi connectivity index (χ2n) is 19.6. The van der Waals surface area contributed by atoms with E-state index >= 15 is 0 Å². The zero-order valence-corrected chi connectivity index (χ0v) is 45.1. The first-order chi connectivity index (χ1) is 33.5. The summed E-state index contributed by atoms with van der Waals surface area (Å²) in [5, 5.41) is 0. The Morgan fingerprint density at radius 1 is 0.294 bits per heavy atom. The van der Waals surface area contributed by atoms with Crippen LogP contribution >= 0.6 is 0 Å². The molecule has 0 aromatic carbocycles. The molecule has 0 spiro atoms. The number of unbranched alkanes of at least 4 members (excludes halogenated alkanes) is 34. The lowest BCUT2D eigenvalue weighted by atomic mass is 10.1. The Hall–Kier alpha value is -2.89. The first-order valence-corrected chi connectivity index (χ1v) is 29.3.